The van der Waals surface area contributed by atoms with E-state index in [4.69, 9.17) is 14.2 Å². The highest BCUT2D eigenvalue weighted by molar-refractivity contribution is 5.94. The van der Waals surface area contributed by atoms with Crippen LogP contribution >= 0.6 is 0 Å². The standard InChI is InChI=1S/C27H33N5O5/c1-4-27(29-14-18-5-7-22-25(30-18)31-23(33)16-36-22)10-9-26(2,37-17-27)11-12-32-21-13-19(35-3)15-28-20(21)6-8-24(32)34/h5-8,13,15,29H,4,9-12,14,16-17H2,1-3H3,(H,30,31,33). The highest BCUT2D eigenvalue weighted by Gasteiger charge is 2.40. The van der Waals surface area contributed by atoms with Crippen LogP contribution in [0.15, 0.2) is 41.3 Å². The minimum atomic E-state index is -0.347. The van der Waals surface area contributed by atoms with E-state index in [1.54, 1.807) is 30.0 Å². The largest absolute Gasteiger partial charge is 0.495 e. The van der Waals surface area contributed by atoms with Crippen molar-refractivity contribution >= 4 is 22.8 Å². The molecular weight excluding hydrogens is 474 g/mol. The molecule has 0 spiro atoms. The SMILES string of the molecule is CCC1(NCc2ccc3c(n2)NC(=O)CO3)CCC(C)(CCn2c(=O)ccc3ncc(OC)cc32)OC1. The highest BCUT2D eigenvalue weighted by Crippen LogP contribution is 2.35. The number of anilines is 1. The molecule has 1 amide bonds. The van der Waals surface area contributed by atoms with Gasteiger partial charge in [0.2, 0.25) is 0 Å². The number of aromatic nitrogens is 3. The van der Waals surface area contributed by atoms with Gasteiger partial charge in [-0.25, -0.2) is 4.98 Å². The number of hydrogen-bond acceptors (Lipinski definition) is 8. The number of amides is 1. The van der Waals surface area contributed by atoms with Crippen molar-refractivity contribution in [1.82, 2.24) is 19.9 Å². The van der Waals surface area contributed by atoms with E-state index in [-0.39, 0.29) is 29.2 Å². The first-order valence-corrected chi connectivity index (χ1v) is 12.7. The summed E-state index contributed by atoms with van der Waals surface area (Å²) in [4.78, 5) is 33.3. The minimum Gasteiger partial charge on any atom is -0.495 e. The summed E-state index contributed by atoms with van der Waals surface area (Å²) in [5, 5.41) is 6.42. The summed E-state index contributed by atoms with van der Waals surface area (Å²) < 4.78 is 18.9. The van der Waals surface area contributed by atoms with Gasteiger partial charge in [0, 0.05) is 30.8 Å². The Morgan fingerprint density at radius 3 is 2.84 bits per heavy atom. The van der Waals surface area contributed by atoms with Gasteiger partial charge in [-0.1, -0.05) is 6.92 Å². The van der Waals surface area contributed by atoms with Crippen LogP contribution < -0.4 is 25.7 Å². The Hall–Kier alpha value is -3.50. The molecule has 1 saturated heterocycles. The van der Waals surface area contributed by atoms with Gasteiger partial charge in [-0.05, 0) is 50.8 Å². The van der Waals surface area contributed by atoms with Crippen molar-refractivity contribution in [3.63, 3.8) is 0 Å². The summed E-state index contributed by atoms with van der Waals surface area (Å²) >= 11 is 0. The lowest BCUT2D eigenvalue weighted by atomic mass is 9.81. The van der Waals surface area contributed by atoms with Crippen LogP contribution in [0.25, 0.3) is 11.0 Å². The van der Waals surface area contributed by atoms with E-state index in [1.807, 2.05) is 18.2 Å². The van der Waals surface area contributed by atoms with Crippen molar-refractivity contribution in [2.45, 2.75) is 63.8 Å². The molecule has 5 rings (SSSR count). The second-order valence-electron chi connectivity index (χ2n) is 10.1. The summed E-state index contributed by atoms with van der Waals surface area (Å²) in [6.07, 6.45) is 5.06. The number of ether oxygens (including phenoxy) is 3. The normalized spacial score (nSPS) is 23.3. The van der Waals surface area contributed by atoms with Crippen molar-refractivity contribution in [3.8, 4) is 11.5 Å². The first kappa shape index (κ1) is 25.2. The number of nitrogens with one attached hydrogen (secondary N) is 2. The van der Waals surface area contributed by atoms with Gasteiger partial charge in [-0.15, -0.1) is 0 Å². The summed E-state index contributed by atoms with van der Waals surface area (Å²) in [6, 6.07) is 8.90. The van der Waals surface area contributed by atoms with Gasteiger partial charge in [0.25, 0.3) is 11.5 Å². The van der Waals surface area contributed by atoms with Crippen LogP contribution in [-0.4, -0.2) is 51.9 Å². The molecule has 3 aromatic rings. The van der Waals surface area contributed by atoms with E-state index in [9.17, 15) is 9.59 Å². The van der Waals surface area contributed by atoms with E-state index in [2.05, 4.69) is 34.4 Å². The molecule has 1 fully saturated rings. The molecule has 0 saturated carbocycles. The topological polar surface area (TPSA) is 117 Å². The number of carbonyl (C=O) groups is 1. The number of carbonyl (C=O) groups excluding carboxylic acids is 1. The van der Waals surface area contributed by atoms with Crippen LogP contribution in [-0.2, 0) is 22.6 Å². The van der Waals surface area contributed by atoms with E-state index in [0.29, 0.717) is 43.4 Å². The molecule has 196 valence electrons. The summed E-state index contributed by atoms with van der Waals surface area (Å²) in [5.74, 6) is 1.47. The maximum atomic E-state index is 12.7. The Kier molecular flexibility index (Phi) is 6.87. The van der Waals surface area contributed by atoms with Crippen molar-refractivity contribution in [3.05, 3.63) is 52.6 Å². The van der Waals surface area contributed by atoms with Crippen LogP contribution in [0.2, 0.25) is 0 Å². The number of pyridine rings is 3. The molecule has 0 aromatic carbocycles. The molecule has 3 aromatic heterocycles. The lowest BCUT2D eigenvalue weighted by molar-refractivity contribution is -0.118. The summed E-state index contributed by atoms with van der Waals surface area (Å²) in [7, 11) is 1.59. The van der Waals surface area contributed by atoms with E-state index in [0.717, 1.165) is 36.0 Å². The van der Waals surface area contributed by atoms with Crippen LogP contribution in [0.4, 0.5) is 5.82 Å². The first-order chi connectivity index (χ1) is 17.8. The molecule has 0 aliphatic carbocycles. The minimum absolute atomic E-state index is 0.0154. The average molecular weight is 508 g/mol. The molecule has 0 bridgehead atoms. The van der Waals surface area contributed by atoms with Gasteiger partial charge in [0.15, 0.2) is 18.2 Å². The average Bonchev–Trinajstić information content (AvgIpc) is 2.92. The predicted molar refractivity (Wildman–Crippen MR) is 139 cm³/mol. The lowest BCUT2D eigenvalue weighted by Crippen LogP contribution is -2.55. The number of nitrogens with zero attached hydrogens (tertiary/aromatic N) is 3. The molecule has 2 aliphatic heterocycles. The van der Waals surface area contributed by atoms with Crippen LogP contribution in [0.1, 0.15) is 45.2 Å². The number of hydrogen-bond donors (Lipinski definition) is 2. The van der Waals surface area contributed by atoms with Crippen molar-refractivity contribution in [2.75, 3.05) is 25.6 Å². The number of rotatable bonds is 8. The molecule has 10 heteroatoms. The van der Waals surface area contributed by atoms with Gasteiger partial charge >= 0.3 is 0 Å². The maximum absolute atomic E-state index is 12.7. The summed E-state index contributed by atoms with van der Waals surface area (Å²) in [5.41, 5.74) is 1.75. The third kappa shape index (κ3) is 5.30. The zero-order valence-corrected chi connectivity index (χ0v) is 21.5. The van der Waals surface area contributed by atoms with Gasteiger partial charge < -0.3 is 29.4 Å². The van der Waals surface area contributed by atoms with Crippen LogP contribution in [0, 0.1) is 0 Å². The van der Waals surface area contributed by atoms with Gasteiger partial charge in [0.1, 0.15) is 5.75 Å². The molecule has 2 unspecified atom stereocenters. The molecular formula is C27H33N5O5. The molecule has 0 radical (unpaired) electrons. The fourth-order valence-corrected chi connectivity index (χ4v) is 4.92. The second kappa shape index (κ2) is 10.1. The first-order valence-electron chi connectivity index (χ1n) is 12.7. The van der Waals surface area contributed by atoms with Gasteiger partial charge in [-0.2, -0.15) is 0 Å². The number of aryl methyl sites for hydroxylation is 1. The molecule has 10 nitrogen and oxygen atoms in total. The Morgan fingerprint density at radius 1 is 1.22 bits per heavy atom. The van der Waals surface area contributed by atoms with E-state index < -0.39 is 0 Å². The molecule has 2 atom stereocenters. The molecule has 37 heavy (non-hydrogen) atoms. The van der Waals surface area contributed by atoms with Crippen LogP contribution in [0.5, 0.6) is 11.5 Å². The fourth-order valence-electron chi connectivity index (χ4n) is 4.92. The molecule has 2 N–H and O–H groups in total. The zero-order chi connectivity index (χ0) is 26.0. The Bertz CT molecular complexity index is 1360. The van der Waals surface area contributed by atoms with Gasteiger partial charge in [0.05, 0.1) is 42.2 Å². The zero-order valence-electron chi connectivity index (χ0n) is 21.5. The van der Waals surface area contributed by atoms with Crippen LogP contribution in [0.3, 0.4) is 0 Å². The van der Waals surface area contributed by atoms with Crippen molar-refractivity contribution < 1.29 is 19.0 Å². The fraction of sp³-hybridized carbons (Fsp3) is 0.481. The smallest absolute Gasteiger partial charge is 0.263 e. The quantitative estimate of drug-likeness (QED) is 0.478. The van der Waals surface area contributed by atoms with Crippen molar-refractivity contribution in [1.29, 1.82) is 0 Å². The number of fused-ring (bicyclic) bond motifs is 2. The Labute approximate surface area is 215 Å². The monoisotopic (exact) mass is 507 g/mol. The predicted octanol–water partition coefficient (Wildman–Crippen LogP) is 3.03. The number of methoxy groups -OCH3 is 1. The molecule has 2 aliphatic rings. The Balaban J connectivity index is 1.23. The lowest BCUT2D eigenvalue weighted by Gasteiger charge is -2.45. The van der Waals surface area contributed by atoms with E-state index >= 15 is 0 Å². The summed E-state index contributed by atoms with van der Waals surface area (Å²) in [6.45, 7) is 5.93. The van der Waals surface area contributed by atoms with Gasteiger partial charge in [-0.3, -0.25) is 14.6 Å². The maximum Gasteiger partial charge on any atom is 0.263 e. The Morgan fingerprint density at radius 2 is 2.08 bits per heavy atom. The second-order valence-corrected chi connectivity index (χ2v) is 10.1. The van der Waals surface area contributed by atoms with Crippen molar-refractivity contribution in [2.24, 2.45) is 0 Å². The molecule has 5 heterocycles. The third-order valence-corrected chi connectivity index (χ3v) is 7.60. The third-order valence-electron chi connectivity index (χ3n) is 7.60. The van der Waals surface area contributed by atoms with E-state index in [1.165, 1.54) is 0 Å². The highest BCUT2D eigenvalue weighted by atomic mass is 16.5.